The van der Waals surface area contributed by atoms with Crippen molar-refractivity contribution in [2.75, 3.05) is 19.7 Å². The molecule has 168 valence electrons. The molecule has 2 aliphatic rings. The number of nitrogens with zero attached hydrogens (tertiary/aromatic N) is 2. The van der Waals surface area contributed by atoms with Crippen LogP contribution in [-0.2, 0) is 16.0 Å². The third kappa shape index (κ3) is 5.22. The molecule has 0 aromatic heterocycles. The smallest absolute Gasteiger partial charge is 0.417 e. The number of carbonyl (C=O) groups excluding carboxylic acids is 2. The van der Waals surface area contributed by atoms with Gasteiger partial charge >= 0.3 is 12.2 Å². The van der Waals surface area contributed by atoms with Crippen LogP contribution in [0.1, 0.15) is 29.9 Å². The van der Waals surface area contributed by atoms with E-state index < -0.39 is 30.1 Å². The van der Waals surface area contributed by atoms with Crippen LogP contribution in [0.25, 0.3) is 0 Å². The van der Waals surface area contributed by atoms with Gasteiger partial charge in [-0.25, -0.2) is 14.5 Å². The van der Waals surface area contributed by atoms with Gasteiger partial charge in [0.1, 0.15) is 6.61 Å². The van der Waals surface area contributed by atoms with E-state index in [9.17, 15) is 19.5 Å². The second-order valence-electron chi connectivity index (χ2n) is 8.36. The summed E-state index contributed by atoms with van der Waals surface area (Å²) < 4.78 is 5.22. The lowest BCUT2D eigenvalue weighted by atomic mass is 9.95. The fourth-order valence-corrected chi connectivity index (χ4v) is 4.15. The quantitative estimate of drug-likeness (QED) is 0.636. The van der Waals surface area contributed by atoms with Gasteiger partial charge in [0.15, 0.2) is 0 Å². The maximum Gasteiger partial charge on any atom is 0.417 e. The molecule has 4 rings (SSSR count). The van der Waals surface area contributed by atoms with Gasteiger partial charge in [0.25, 0.3) is 0 Å². The number of carboxylic acid groups (broad SMARTS) is 1. The van der Waals surface area contributed by atoms with Crippen LogP contribution in [0.4, 0.5) is 9.59 Å². The van der Waals surface area contributed by atoms with Crippen LogP contribution in [0.15, 0.2) is 54.6 Å². The predicted octanol–water partition coefficient (Wildman–Crippen LogP) is 4.40. The van der Waals surface area contributed by atoms with Gasteiger partial charge in [-0.05, 0) is 48.4 Å². The SMILES string of the molecule is O=C(O)N(CC1CC1)C[C@@H](C(=O)N1C(=O)OC[C@H]1Cc1ccccc1)c1ccc(Cl)cc1. The Hall–Kier alpha value is -3.06. The normalized spacial score (nSPS) is 18.8. The van der Waals surface area contributed by atoms with Crippen molar-refractivity contribution in [2.45, 2.75) is 31.2 Å². The molecule has 2 aromatic rings. The number of carbonyl (C=O) groups is 3. The molecule has 2 fully saturated rings. The van der Waals surface area contributed by atoms with Crippen molar-refractivity contribution in [1.29, 1.82) is 0 Å². The standard InChI is InChI=1S/C24H25ClN2O5/c25-19-10-8-18(9-11-19)21(14-26(23(29)30)13-17-6-7-17)22(28)27-20(15-32-24(27)31)12-16-4-2-1-3-5-16/h1-5,8-11,17,20-21H,6-7,12-15H2,(H,29,30)/t20-,21-/m1/s1. The lowest BCUT2D eigenvalue weighted by molar-refractivity contribution is -0.131. The molecule has 1 aliphatic carbocycles. The maximum atomic E-state index is 13.7. The number of ether oxygens (including phenoxy) is 1. The Morgan fingerprint density at radius 1 is 1.12 bits per heavy atom. The zero-order chi connectivity index (χ0) is 22.7. The van der Waals surface area contributed by atoms with Gasteiger partial charge in [0.05, 0.1) is 12.0 Å². The van der Waals surface area contributed by atoms with Crippen molar-refractivity contribution < 1.29 is 24.2 Å². The highest BCUT2D eigenvalue weighted by molar-refractivity contribution is 6.30. The first-order valence-electron chi connectivity index (χ1n) is 10.7. The van der Waals surface area contributed by atoms with Gasteiger partial charge in [0, 0.05) is 18.1 Å². The summed E-state index contributed by atoms with van der Waals surface area (Å²) in [4.78, 5) is 40.5. The Morgan fingerprint density at radius 3 is 2.44 bits per heavy atom. The minimum atomic E-state index is -1.08. The Morgan fingerprint density at radius 2 is 1.81 bits per heavy atom. The number of halogens is 1. The number of hydrogen-bond donors (Lipinski definition) is 1. The first-order chi connectivity index (χ1) is 15.4. The molecule has 32 heavy (non-hydrogen) atoms. The first kappa shape index (κ1) is 22.1. The van der Waals surface area contributed by atoms with E-state index in [1.807, 2.05) is 30.3 Å². The second kappa shape index (κ2) is 9.61. The van der Waals surface area contributed by atoms with Crippen LogP contribution in [0.2, 0.25) is 5.02 Å². The molecule has 0 radical (unpaired) electrons. The molecule has 1 saturated heterocycles. The van der Waals surface area contributed by atoms with Crippen molar-refractivity contribution in [3.8, 4) is 0 Å². The second-order valence-corrected chi connectivity index (χ2v) is 8.80. The summed E-state index contributed by atoms with van der Waals surface area (Å²) in [7, 11) is 0. The fraction of sp³-hybridized carbons (Fsp3) is 0.375. The number of amides is 3. The van der Waals surface area contributed by atoms with Crippen molar-refractivity contribution in [3.05, 3.63) is 70.7 Å². The molecule has 2 atom stereocenters. The van der Waals surface area contributed by atoms with Crippen molar-refractivity contribution in [3.63, 3.8) is 0 Å². The van der Waals surface area contributed by atoms with Crippen molar-refractivity contribution in [1.82, 2.24) is 9.80 Å². The molecule has 0 unspecified atom stereocenters. The molecule has 1 heterocycles. The maximum absolute atomic E-state index is 13.7. The average molecular weight is 457 g/mol. The van der Waals surface area contributed by atoms with Gasteiger partial charge in [-0.15, -0.1) is 0 Å². The Bertz CT molecular complexity index is 978. The number of rotatable bonds is 8. The zero-order valence-electron chi connectivity index (χ0n) is 17.5. The minimum Gasteiger partial charge on any atom is -0.465 e. The molecular weight excluding hydrogens is 432 g/mol. The highest BCUT2D eigenvalue weighted by atomic mass is 35.5. The summed E-state index contributed by atoms with van der Waals surface area (Å²) in [6.07, 6.45) is 0.672. The molecule has 1 aliphatic heterocycles. The first-order valence-corrected chi connectivity index (χ1v) is 11.1. The highest BCUT2D eigenvalue weighted by Gasteiger charge is 2.42. The van der Waals surface area contributed by atoms with E-state index in [1.165, 1.54) is 4.90 Å². The molecule has 0 spiro atoms. The third-order valence-corrected chi connectivity index (χ3v) is 6.18. The van der Waals surface area contributed by atoms with E-state index in [4.69, 9.17) is 16.3 Å². The van der Waals surface area contributed by atoms with Crippen LogP contribution in [-0.4, -0.2) is 58.7 Å². The topological polar surface area (TPSA) is 87.2 Å². The van der Waals surface area contributed by atoms with E-state index >= 15 is 0 Å². The molecule has 0 bridgehead atoms. The van der Waals surface area contributed by atoms with Crippen LogP contribution in [0, 0.1) is 5.92 Å². The summed E-state index contributed by atoms with van der Waals surface area (Å²) >= 11 is 6.02. The van der Waals surface area contributed by atoms with Gasteiger partial charge in [-0.3, -0.25) is 4.79 Å². The fourth-order valence-electron chi connectivity index (χ4n) is 4.02. The molecule has 2 aromatic carbocycles. The lowest BCUT2D eigenvalue weighted by Gasteiger charge is -2.29. The molecule has 1 N–H and O–H groups in total. The van der Waals surface area contributed by atoms with E-state index in [0.717, 1.165) is 23.3 Å². The average Bonchev–Trinajstić information content (AvgIpc) is 3.53. The van der Waals surface area contributed by atoms with E-state index in [-0.39, 0.29) is 13.2 Å². The number of cyclic esters (lactones) is 1. The van der Waals surface area contributed by atoms with E-state index in [0.29, 0.717) is 29.5 Å². The third-order valence-electron chi connectivity index (χ3n) is 5.93. The summed E-state index contributed by atoms with van der Waals surface area (Å²) in [5.74, 6) is -0.974. The van der Waals surface area contributed by atoms with Gasteiger partial charge < -0.3 is 14.7 Å². The summed E-state index contributed by atoms with van der Waals surface area (Å²) in [6, 6.07) is 15.9. The van der Waals surface area contributed by atoms with E-state index in [1.54, 1.807) is 24.3 Å². The largest absolute Gasteiger partial charge is 0.465 e. The van der Waals surface area contributed by atoms with Crippen LogP contribution < -0.4 is 0 Å². The molecule has 3 amide bonds. The summed E-state index contributed by atoms with van der Waals surface area (Å²) in [5.41, 5.74) is 1.59. The molecule has 8 heteroatoms. The zero-order valence-corrected chi connectivity index (χ0v) is 18.3. The van der Waals surface area contributed by atoms with Crippen LogP contribution >= 0.6 is 11.6 Å². The summed E-state index contributed by atoms with van der Waals surface area (Å²) in [6.45, 7) is 0.455. The van der Waals surface area contributed by atoms with Gasteiger partial charge in [0.2, 0.25) is 5.91 Å². The lowest BCUT2D eigenvalue weighted by Crippen LogP contribution is -2.46. The Labute approximate surface area is 191 Å². The number of benzene rings is 2. The molecular formula is C24H25ClN2O5. The summed E-state index contributed by atoms with van der Waals surface area (Å²) in [5, 5.41) is 10.2. The molecule has 1 saturated carbocycles. The van der Waals surface area contributed by atoms with Gasteiger partial charge in [-0.2, -0.15) is 0 Å². The van der Waals surface area contributed by atoms with E-state index in [2.05, 4.69) is 0 Å². The highest BCUT2D eigenvalue weighted by Crippen LogP contribution is 2.32. The number of imide groups is 1. The molecule has 7 nitrogen and oxygen atoms in total. The Kier molecular flexibility index (Phi) is 6.65. The predicted molar refractivity (Wildman–Crippen MR) is 119 cm³/mol. The number of hydrogen-bond acceptors (Lipinski definition) is 4. The Balaban J connectivity index is 1.60. The van der Waals surface area contributed by atoms with Crippen molar-refractivity contribution in [2.24, 2.45) is 5.92 Å². The van der Waals surface area contributed by atoms with Gasteiger partial charge in [-0.1, -0.05) is 54.1 Å². The van der Waals surface area contributed by atoms with Crippen molar-refractivity contribution >= 4 is 29.7 Å². The van der Waals surface area contributed by atoms with Crippen LogP contribution in [0.5, 0.6) is 0 Å². The monoisotopic (exact) mass is 456 g/mol. The van der Waals surface area contributed by atoms with Crippen LogP contribution in [0.3, 0.4) is 0 Å². The minimum absolute atomic E-state index is 0.0336.